The molecule has 0 unspecified atom stereocenters. The van der Waals surface area contributed by atoms with Crippen molar-refractivity contribution in [3.8, 4) is 11.5 Å². The van der Waals surface area contributed by atoms with E-state index in [4.69, 9.17) is 21.1 Å². The Kier molecular flexibility index (Phi) is 4.00. The molecule has 0 heterocycles. The summed E-state index contributed by atoms with van der Waals surface area (Å²) in [5.41, 5.74) is 0.312. The molecule has 0 spiro atoms. The lowest BCUT2D eigenvalue weighted by atomic mass is 10.2. The van der Waals surface area contributed by atoms with Crippen LogP contribution in [-0.2, 0) is 0 Å². The molecule has 0 fully saturated rings. The Morgan fingerprint density at radius 2 is 1.86 bits per heavy atom. The van der Waals surface area contributed by atoms with E-state index in [9.17, 15) is 4.79 Å². The van der Waals surface area contributed by atoms with Crippen LogP contribution in [0.25, 0.3) is 0 Å². The van der Waals surface area contributed by atoms with Crippen LogP contribution < -0.4 is 9.47 Å². The van der Waals surface area contributed by atoms with Gasteiger partial charge in [-0.25, -0.2) is 0 Å². The highest BCUT2D eigenvalue weighted by molar-refractivity contribution is 14.1. The van der Waals surface area contributed by atoms with Crippen LogP contribution >= 0.6 is 34.2 Å². The van der Waals surface area contributed by atoms with Gasteiger partial charge < -0.3 is 9.47 Å². The number of carbonyl (C=O) groups is 1. The van der Waals surface area contributed by atoms with E-state index in [2.05, 4.69) is 22.6 Å². The number of benzene rings is 1. The fourth-order valence-electron chi connectivity index (χ4n) is 1.09. The smallest absolute Gasteiger partial charge is 0.256 e. The quantitative estimate of drug-likeness (QED) is 0.633. The molecule has 1 rings (SSSR count). The number of hydrogen-bond donors (Lipinski definition) is 0. The Balaban J connectivity index is 3.40. The second kappa shape index (κ2) is 4.84. The van der Waals surface area contributed by atoms with Crippen molar-refractivity contribution in [1.82, 2.24) is 0 Å². The molecule has 0 aliphatic rings. The number of rotatable bonds is 3. The minimum Gasteiger partial charge on any atom is -0.492 e. The third kappa shape index (κ3) is 2.12. The zero-order chi connectivity index (χ0) is 10.7. The first kappa shape index (κ1) is 11.6. The summed E-state index contributed by atoms with van der Waals surface area (Å²) in [5, 5.41) is -0.559. The number of methoxy groups -OCH3 is 2. The lowest BCUT2D eigenvalue weighted by molar-refractivity contribution is 0.107. The standard InChI is InChI=1S/C9H8ClIO3/c1-13-7-5(9(10)12)3-4-6(11)8(7)14-2/h3-4H,1-2H3. The van der Waals surface area contributed by atoms with E-state index < -0.39 is 5.24 Å². The molecule has 14 heavy (non-hydrogen) atoms. The van der Waals surface area contributed by atoms with Crippen LogP contribution in [0.15, 0.2) is 12.1 Å². The van der Waals surface area contributed by atoms with E-state index >= 15 is 0 Å². The molecule has 5 heteroatoms. The van der Waals surface area contributed by atoms with Gasteiger partial charge in [-0.3, -0.25) is 4.79 Å². The maximum atomic E-state index is 11.0. The molecule has 1 aromatic carbocycles. The van der Waals surface area contributed by atoms with Crippen LogP contribution in [0.3, 0.4) is 0 Å². The van der Waals surface area contributed by atoms with Crippen LogP contribution in [0.1, 0.15) is 10.4 Å². The Bertz CT molecular complexity index is 365. The van der Waals surface area contributed by atoms with Crippen molar-refractivity contribution in [2.24, 2.45) is 0 Å². The van der Waals surface area contributed by atoms with Gasteiger partial charge in [-0.05, 0) is 46.3 Å². The van der Waals surface area contributed by atoms with Gasteiger partial charge in [-0.15, -0.1) is 0 Å². The summed E-state index contributed by atoms with van der Waals surface area (Å²) in [5.74, 6) is 0.902. The monoisotopic (exact) mass is 326 g/mol. The fourth-order valence-corrected chi connectivity index (χ4v) is 1.88. The fraction of sp³-hybridized carbons (Fsp3) is 0.222. The van der Waals surface area contributed by atoms with Crippen LogP contribution in [0.4, 0.5) is 0 Å². The molecule has 0 amide bonds. The van der Waals surface area contributed by atoms with Gasteiger partial charge >= 0.3 is 0 Å². The van der Waals surface area contributed by atoms with Crippen molar-refractivity contribution in [1.29, 1.82) is 0 Å². The van der Waals surface area contributed by atoms with E-state index in [1.807, 2.05) is 0 Å². The summed E-state index contributed by atoms with van der Waals surface area (Å²) >= 11 is 7.48. The summed E-state index contributed by atoms with van der Waals surface area (Å²) in [6.45, 7) is 0. The van der Waals surface area contributed by atoms with Gasteiger partial charge in [0.2, 0.25) is 0 Å². The number of hydrogen-bond acceptors (Lipinski definition) is 3. The van der Waals surface area contributed by atoms with Crippen molar-refractivity contribution in [2.45, 2.75) is 0 Å². The van der Waals surface area contributed by atoms with Crippen LogP contribution in [0.5, 0.6) is 11.5 Å². The molecule has 0 saturated heterocycles. The van der Waals surface area contributed by atoms with Gasteiger partial charge in [-0.1, -0.05) is 0 Å². The minimum atomic E-state index is -0.559. The Morgan fingerprint density at radius 1 is 1.29 bits per heavy atom. The second-order valence-electron chi connectivity index (χ2n) is 2.44. The first-order valence-corrected chi connectivity index (χ1v) is 5.17. The van der Waals surface area contributed by atoms with Crippen LogP contribution in [0.2, 0.25) is 0 Å². The van der Waals surface area contributed by atoms with Gasteiger partial charge in [0.15, 0.2) is 11.5 Å². The lowest BCUT2D eigenvalue weighted by Crippen LogP contribution is -2.00. The topological polar surface area (TPSA) is 35.5 Å². The predicted molar refractivity (Wildman–Crippen MR) is 62.4 cm³/mol. The average Bonchev–Trinajstić information content (AvgIpc) is 2.16. The van der Waals surface area contributed by atoms with Gasteiger partial charge in [0.1, 0.15) is 0 Å². The molecular formula is C9H8ClIO3. The summed E-state index contributed by atoms with van der Waals surface area (Å²) in [6.07, 6.45) is 0. The zero-order valence-corrected chi connectivity index (χ0v) is 10.5. The third-order valence-electron chi connectivity index (χ3n) is 1.68. The molecule has 0 aliphatic carbocycles. The Morgan fingerprint density at radius 3 is 2.29 bits per heavy atom. The highest BCUT2D eigenvalue weighted by Crippen LogP contribution is 2.36. The minimum absolute atomic E-state index is 0.312. The molecule has 0 bridgehead atoms. The van der Waals surface area contributed by atoms with Gasteiger partial charge in [-0.2, -0.15) is 0 Å². The van der Waals surface area contributed by atoms with E-state index in [0.717, 1.165) is 3.57 Å². The molecule has 76 valence electrons. The van der Waals surface area contributed by atoms with Crippen LogP contribution in [-0.4, -0.2) is 19.5 Å². The SMILES string of the molecule is COc1c(I)ccc(C(=O)Cl)c1OC. The molecule has 1 aromatic rings. The normalized spacial score (nSPS) is 9.71. The second-order valence-corrected chi connectivity index (χ2v) is 3.94. The molecule has 0 atom stereocenters. The van der Waals surface area contributed by atoms with E-state index in [-0.39, 0.29) is 0 Å². The maximum absolute atomic E-state index is 11.0. The molecule has 0 aliphatic heterocycles. The van der Waals surface area contributed by atoms with Crippen molar-refractivity contribution in [3.05, 3.63) is 21.3 Å². The third-order valence-corrected chi connectivity index (χ3v) is 2.74. The zero-order valence-electron chi connectivity index (χ0n) is 7.64. The highest BCUT2D eigenvalue weighted by Gasteiger charge is 2.17. The lowest BCUT2D eigenvalue weighted by Gasteiger charge is -2.11. The van der Waals surface area contributed by atoms with E-state index in [0.29, 0.717) is 17.1 Å². The van der Waals surface area contributed by atoms with Crippen molar-refractivity contribution < 1.29 is 14.3 Å². The number of ether oxygens (including phenoxy) is 2. The Labute approximate surface area is 100 Å². The van der Waals surface area contributed by atoms with Crippen molar-refractivity contribution >= 4 is 39.4 Å². The van der Waals surface area contributed by atoms with Crippen molar-refractivity contribution in [3.63, 3.8) is 0 Å². The first-order valence-electron chi connectivity index (χ1n) is 3.72. The van der Waals surface area contributed by atoms with Gasteiger partial charge in [0.05, 0.1) is 23.4 Å². The van der Waals surface area contributed by atoms with E-state index in [1.54, 1.807) is 12.1 Å². The van der Waals surface area contributed by atoms with E-state index in [1.165, 1.54) is 14.2 Å². The average molecular weight is 327 g/mol. The molecule has 0 saturated carbocycles. The van der Waals surface area contributed by atoms with Gasteiger partial charge in [0, 0.05) is 0 Å². The molecule has 0 aromatic heterocycles. The largest absolute Gasteiger partial charge is 0.492 e. The van der Waals surface area contributed by atoms with Crippen LogP contribution in [0, 0.1) is 3.57 Å². The number of carbonyl (C=O) groups excluding carboxylic acids is 1. The summed E-state index contributed by atoms with van der Waals surface area (Å²) in [6, 6.07) is 3.36. The molecular weight excluding hydrogens is 318 g/mol. The van der Waals surface area contributed by atoms with Gasteiger partial charge in [0.25, 0.3) is 5.24 Å². The Hall–Kier alpha value is -0.490. The number of halogens is 2. The maximum Gasteiger partial charge on any atom is 0.256 e. The summed E-state index contributed by atoms with van der Waals surface area (Å²) in [7, 11) is 2.99. The summed E-state index contributed by atoms with van der Waals surface area (Å²) < 4.78 is 11.1. The predicted octanol–water partition coefficient (Wildman–Crippen LogP) is 2.69. The van der Waals surface area contributed by atoms with Crippen molar-refractivity contribution in [2.75, 3.05) is 14.2 Å². The summed E-state index contributed by atoms with van der Waals surface area (Å²) in [4.78, 5) is 11.0. The molecule has 3 nitrogen and oxygen atoms in total. The molecule has 0 radical (unpaired) electrons. The first-order chi connectivity index (χ1) is 6.61. The highest BCUT2D eigenvalue weighted by atomic mass is 127. The molecule has 0 N–H and O–H groups in total.